The van der Waals surface area contributed by atoms with Gasteiger partial charge >= 0.3 is 0 Å². The van der Waals surface area contributed by atoms with Crippen molar-refractivity contribution in [2.75, 3.05) is 0 Å². The van der Waals surface area contributed by atoms with Gasteiger partial charge in [0.2, 0.25) is 0 Å². The van der Waals surface area contributed by atoms with Gasteiger partial charge in [-0.05, 0) is 6.42 Å². The van der Waals surface area contributed by atoms with E-state index in [1.807, 2.05) is 60.8 Å². The zero-order valence-electron chi connectivity index (χ0n) is 12.4. The Balaban J connectivity index is 3.75. The molecule has 105 valence electrons. The summed E-state index contributed by atoms with van der Waals surface area (Å²) < 4.78 is 0. The smallest absolute Gasteiger partial charge is 0.0348 e. The maximum absolute atomic E-state index is 5.20. The normalized spacial score (nSPS) is 13.7. The number of hydrogen-bond donors (Lipinski definition) is 0. The Hall–Kier alpha value is -2.08. The quantitative estimate of drug-likeness (QED) is 0.333. The van der Waals surface area contributed by atoms with Crippen molar-refractivity contribution in [1.82, 2.24) is 0 Å². The van der Waals surface area contributed by atoms with Gasteiger partial charge in [0, 0.05) is 0 Å². The Kier molecular flexibility index (Phi) is 15.2. The Morgan fingerprint density at radius 3 is 1.40 bits per heavy atom. The van der Waals surface area contributed by atoms with E-state index in [4.69, 9.17) is 6.58 Å². The molecule has 0 aliphatic carbocycles. The molecule has 0 unspecified atom stereocenters. The van der Waals surface area contributed by atoms with Crippen LogP contribution in [0.4, 0.5) is 0 Å². The fourth-order valence-electron chi connectivity index (χ4n) is 1.27. The van der Waals surface area contributed by atoms with Crippen molar-refractivity contribution in [2.45, 2.75) is 26.2 Å². The summed E-state index contributed by atoms with van der Waals surface area (Å²) in [6, 6.07) is 0. The van der Waals surface area contributed by atoms with E-state index in [-0.39, 0.29) is 0 Å². The Morgan fingerprint density at radius 2 is 1.00 bits per heavy atom. The maximum atomic E-state index is 5.20. The molecule has 0 spiro atoms. The molecule has 0 atom stereocenters. The van der Waals surface area contributed by atoms with E-state index >= 15 is 0 Å². The third-order valence-corrected chi connectivity index (χ3v) is 2.30. The molecule has 0 bridgehead atoms. The number of hydrogen-bond acceptors (Lipinski definition) is 0. The van der Waals surface area contributed by atoms with Crippen LogP contribution in [0, 0.1) is 6.58 Å². The number of unbranched alkanes of at least 4 members (excludes halogenated alkanes) is 2. The standard InChI is InChI=1S/C20H25/c1-3-5-7-9-11-13-15-17-19-20-18-16-14-12-10-8-6-4-2/h1,3,5,7,9-20H,4,6,8H2,2H3/b3-1?,7-5+,11-9+,12-10+,15-13+,16-14+,19-17+,20-18+. The molecule has 0 amide bonds. The van der Waals surface area contributed by atoms with Gasteiger partial charge in [-0.3, -0.25) is 0 Å². The van der Waals surface area contributed by atoms with Crippen LogP contribution in [0.15, 0.2) is 91.1 Å². The highest BCUT2D eigenvalue weighted by Crippen LogP contribution is 1.94. The topological polar surface area (TPSA) is 0 Å². The summed E-state index contributed by atoms with van der Waals surface area (Å²) in [6.45, 7) is 7.40. The highest BCUT2D eigenvalue weighted by Gasteiger charge is 1.74. The zero-order chi connectivity index (χ0) is 14.7. The predicted octanol–water partition coefficient (Wildman–Crippen LogP) is 6.06. The molecule has 0 aliphatic rings. The molecule has 0 aromatic rings. The summed E-state index contributed by atoms with van der Waals surface area (Å²) in [5, 5.41) is 0. The van der Waals surface area contributed by atoms with E-state index in [0.29, 0.717) is 0 Å². The lowest BCUT2D eigenvalue weighted by Crippen LogP contribution is -1.64. The van der Waals surface area contributed by atoms with Crippen molar-refractivity contribution in [3.63, 3.8) is 0 Å². The molecule has 0 aliphatic heterocycles. The molecule has 0 aromatic carbocycles. The van der Waals surface area contributed by atoms with Crippen LogP contribution in [0.2, 0.25) is 0 Å². The van der Waals surface area contributed by atoms with Crippen LogP contribution in [0.25, 0.3) is 0 Å². The van der Waals surface area contributed by atoms with E-state index in [1.165, 1.54) is 25.3 Å². The van der Waals surface area contributed by atoms with Gasteiger partial charge in [0.25, 0.3) is 0 Å². The third-order valence-electron chi connectivity index (χ3n) is 2.30. The Morgan fingerprint density at radius 1 is 0.600 bits per heavy atom. The van der Waals surface area contributed by atoms with Crippen molar-refractivity contribution in [3.8, 4) is 0 Å². The average Bonchev–Trinajstić information content (AvgIpc) is 2.47. The minimum Gasteiger partial charge on any atom is -0.0845 e. The fraction of sp³-hybridized carbons (Fsp3) is 0.200. The van der Waals surface area contributed by atoms with Crippen molar-refractivity contribution in [3.05, 3.63) is 97.7 Å². The molecule has 20 heavy (non-hydrogen) atoms. The van der Waals surface area contributed by atoms with Gasteiger partial charge < -0.3 is 0 Å². The summed E-state index contributed by atoms with van der Waals surface area (Å²) in [7, 11) is 0. The van der Waals surface area contributed by atoms with Gasteiger partial charge in [-0.2, -0.15) is 0 Å². The Bertz CT molecular complexity index is 409. The van der Waals surface area contributed by atoms with E-state index in [9.17, 15) is 0 Å². The SMILES string of the molecule is [CH]=C/C=C/C=C/C=C/C=C/C=C/C=C/C=C/CCCC. The maximum Gasteiger partial charge on any atom is -0.0348 e. The van der Waals surface area contributed by atoms with Gasteiger partial charge in [-0.15, -0.1) is 0 Å². The van der Waals surface area contributed by atoms with E-state index in [1.54, 1.807) is 6.08 Å². The molecule has 0 nitrogen and oxygen atoms in total. The first-order chi connectivity index (χ1) is 9.91. The monoisotopic (exact) mass is 265 g/mol. The molecule has 0 N–H and O–H groups in total. The highest BCUT2D eigenvalue weighted by atomic mass is 13.8. The lowest BCUT2D eigenvalue weighted by Gasteiger charge is -1.84. The molecule has 0 saturated carbocycles. The van der Waals surface area contributed by atoms with Crippen LogP contribution in [0.1, 0.15) is 26.2 Å². The summed E-state index contributed by atoms with van der Waals surface area (Å²) >= 11 is 0. The van der Waals surface area contributed by atoms with Gasteiger partial charge in [0.15, 0.2) is 0 Å². The largest absolute Gasteiger partial charge is 0.0845 e. The first kappa shape index (κ1) is 17.9. The van der Waals surface area contributed by atoms with Gasteiger partial charge in [0.1, 0.15) is 0 Å². The van der Waals surface area contributed by atoms with Gasteiger partial charge in [-0.25, -0.2) is 0 Å². The second-order valence-corrected chi connectivity index (χ2v) is 4.07. The predicted molar refractivity (Wildman–Crippen MR) is 92.4 cm³/mol. The van der Waals surface area contributed by atoms with Crippen LogP contribution >= 0.6 is 0 Å². The summed E-state index contributed by atoms with van der Waals surface area (Å²) in [5.41, 5.74) is 0. The fourth-order valence-corrected chi connectivity index (χ4v) is 1.27. The Labute approximate surface area is 124 Å². The molecule has 0 heteroatoms. The number of allylic oxidation sites excluding steroid dienone is 15. The summed E-state index contributed by atoms with van der Waals surface area (Å²) in [6.07, 6.45) is 33.1. The molecule has 0 rings (SSSR count). The minimum absolute atomic E-state index is 1.17. The van der Waals surface area contributed by atoms with Crippen LogP contribution in [0.3, 0.4) is 0 Å². The van der Waals surface area contributed by atoms with Crippen molar-refractivity contribution in [2.24, 2.45) is 0 Å². The minimum atomic E-state index is 1.17. The second-order valence-electron chi connectivity index (χ2n) is 4.07. The summed E-state index contributed by atoms with van der Waals surface area (Å²) in [4.78, 5) is 0. The van der Waals surface area contributed by atoms with Crippen molar-refractivity contribution in [1.29, 1.82) is 0 Å². The molecule has 0 fully saturated rings. The van der Waals surface area contributed by atoms with E-state index in [0.717, 1.165) is 0 Å². The van der Waals surface area contributed by atoms with E-state index < -0.39 is 0 Å². The molecule has 0 aromatic heterocycles. The van der Waals surface area contributed by atoms with Gasteiger partial charge in [-0.1, -0.05) is 117 Å². The zero-order valence-corrected chi connectivity index (χ0v) is 12.4. The highest BCUT2D eigenvalue weighted by molar-refractivity contribution is 5.20. The lowest BCUT2D eigenvalue weighted by atomic mass is 10.2. The summed E-state index contributed by atoms with van der Waals surface area (Å²) in [5.74, 6) is 0. The van der Waals surface area contributed by atoms with Crippen LogP contribution in [0.5, 0.6) is 0 Å². The third kappa shape index (κ3) is 15.9. The first-order valence-corrected chi connectivity index (χ1v) is 7.12. The van der Waals surface area contributed by atoms with Crippen LogP contribution in [-0.4, -0.2) is 0 Å². The number of rotatable bonds is 10. The van der Waals surface area contributed by atoms with Gasteiger partial charge in [0.05, 0.1) is 0 Å². The van der Waals surface area contributed by atoms with Crippen LogP contribution in [-0.2, 0) is 0 Å². The van der Waals surface area contributed by atoms with Crippen LogP contribution < -0.4 is 0 Å². The van der Waals surface area contributed by atoms with E-state index in [2.05, 4.69) is 25.2 Å². The van der Waals surface area contributed by atoms with Crippen molar-refractivity contribution >= 4 is 0 Å². The average molecular weight is 265 g/mol. The van der Waals surface area contributed by atoms with Crippen molar-refractivity contribution < 1.29 is 0 Å². The lowest BCUT2D eigenvalue weighted by molar-refractivity contribution is 0.815. The second kappa shape index (κ2) is 16.9. The molecular formula is C20H25. The molecule has 1 radical (unpaired) electrons. The first-order valence-electron chi connectivity index (χ1n) is 7.12. The molecule has 0 heterocycles. The molecular weight excluding hydrogens is 240 g/mol. The molecule has 0 saturated heterocycles.